The van der Waals surface area contributed by atoms with E-state index in [-0.39, 0.29) is 5.28 Å². The van der Waals surface area contributed by atoms with Crippen LogP contribution in [0, 0.1) is 0 Å². The van der Waals surface area contributed by atoms with Crippen LogP contribution in [-0.4, -0.2) is 9.97 Å². The summed E-state index contributed by atoms with van der Waals surface area (Å²) in [5, 5.41) is 1.81. The molecule has 100 valence electrons. The highest BCUT2D eigenvalue weighted by molar-refractivity contribution is 6.34. The number of halogens is 3. The van der Waals surface area contributed by atoms with Gasteiger partial charge in [0.05, 0.1) is 15.9 Å². The number of nitrogens with zero attached hydrogens (tertiary/aromatic N) is 2. The van der Waals surface area contributed by atoms with Gasteiger partial charge in [-0.3, -0.25) is 0 Å². The minimum Gasteiger partial charge on any atom is -0.437 e. The Labute approximate surface area is 130 Å². The van der Waals surface area contributed by atoms with E-state index in [4.69, 9.17) is 39.5 Å². The van der Waals surface area contributed by atoms with Gasteiger partial charge >= 0.3 is 0 Å². The predicted molar refractivity (Wildman–Crippen MR) is 81.1 cm³/mol. The van der Waals surface area contributed by atoms with Crippen molar-refractivity contribution < 1.29 is 4.74 Å². The van der Waals surface area contributed by atoms with E-state index in [1.165, 1.54) is 0 Å². The monoisotopic (exact) mass is 324 g/mol. The molecule has 1 aromatic heterocycles. The average Bonchev–Trinajstić information content (AvgIpc) is 2.43. The molecule has 20 heavy (non-hydrogen) atoms. The van der Waals surface area contributed by atoms with E-state index in [9.17, 15) is 0 Å². The lowest BCUT2D eigenvalue weighted by atomic mass is 10.2. The highest BCUT2D eigenvalue weighted by Gasteiger charge is 2.11. The molecule has 6 heteroatoms. The predicted octanol–water partition coefficient (Wildman–Crippen LogP) is 5.38. The van der Waals surface area contributed by atoms with Gasteiger partial charge in [0.1, 0.15) is 5.75 Å². The molecule has 0 bridgehead atoms. The summed E-state index contributed by atoms with van der Waals surface area (Å²) in [5.74, 6) is 0.754. The third-order valence-electron chi connectivity index (χ3n) is 2.64. The molecule has 0 radical (unpaired) electrons. The molecule has 0 unspecified atom stereocenters. The maximum absolute atomic E-state index is 6.08. The molecule has 3 nitrogen and oxygen atoms in total. The molecule has 1 heterocycles. The Morgan fingerprint density at radius 3 is 2.55 bits per heavy atom. The van der Waals surface area contributed by atoms with Gasteiger partial charge in [0.15, 0.2) is 0 Å². The molecule has 0 spiro atoms. The zero-order valence-electron chi connectivity index (χ0n) is 9.98. The normalized spacial score (nSPS) is 10.8. The van der Waals surface area contributed by atoms with Crippen LogP contribution in [0.3, 0.4) is 0 Å². The van der Waals surface area contributed by atoms with Crippen molar-refractivity contribution in [2.24, 2.45) is 0 Å². The van der Waals surface area contributed by atoms with Crippen molar-refractivity contribution in [3.05, 3.63) is 57.8 Å². The van der Waals surface area contributed by atoms with Crippen LogP contribution in [0.15, 0.2) is 42.5 Å². The summed E-state index contributed by atoms with van der Waals surface area (Å²) in [6, 6.07) is 12.4. The van der Waals surface area contributed by atoms with E-state index in [1.807, 2.05) is 24.3 Å². The number of aromatic nitrogens is 2. The fourth-order valence-corrected chi connectivity index (χ4v) is 2.24. The fraction of sp³-hybridized carbons (Fsp3) is 0. The molecule has 3 aromatic rings. The zero-order chi connectivity index (χ0) is 14.1. The lowest BCUT2D eigenvalue weighted by Crippen LogP contribution is -1.93. The topological polar surface area (TPSA) is 35.0 Å². The molecule has 0 atom stereocenters. The third-order valence-corrected chi connectivity index (χ3v) is 3.36. The summed E-state index contributed by atoms with van der Waals surface area (Å²) in [6.07, 6.45) is 0. The van der Waals surface area contributed by atoms with E-state index >= 15 is 0 Å². The number of rotatable bonds is 2. The second kappa shape index (κ2) is 5.44. The SMILES string of the molecule is Clc1ccc(Cl)c(Oc2nc(Cl)nc3ccccc23)c1. The summed E-state index contributed by atoms with van der Waals surface area (Å²) < 4.78 is 5.73. The standard InChI is InChI=1S/C14H7Cl3N2O/c15-8-5-6-10(16)12(7-8)20-13-9-3-1-2-4-11(9)18-14(17)19-13/h1-7H. The first-order valence-electron chi connectivity index (χ1n) is 5.69. The molecule has 0 saturated carbocycles. The Morgan fingerprint density at radius 2 is 1.70 bits per heavy atom. The van der Waals surface area contributed by atoms with Crippen molar-refractivity contribution in [2.45, 2.75) is 0 Å². The molecule has 0 aliphatic carbocycles. The van der Waals surface area contributed by atoms with Crippen LogP contribution in [0.5, 0.6) is 11.6 Å². The zero-order valence-corrected chi connectivity index (χ0v) is 12.2. The highest BCUT2D eigenvalue weighted by atomic mass is 35.5. The van der Waals surface area contributed by atoms with Gasteiger partial charge in [-0.05, 0) is 35.9 Å². The first-order chi connectivity index (χ1) is 9.63. The van der Waals surface area contributed by atoms with Crippen LogP contribution in [0.25, 0.3) is 10.9 Å². The van der Waals surface area contributed by atoms with Crippen molar-refractivity contribution in [3.8, 4) is 11.6 Å². The van der Waals surface area contributed by atoms with Gasteiger partial charge in [-0.15, -0.1) is 0 Å². The molecular weight excluding hydrogens is 319 g/mol. The molecule has 0 N–H and O–H groups in total. The van der Waals surface area contributed by atoms with Crippen molar-refractivity contribution in [3.63, 3.8) is 0 Å². The highest BCUT2D eigenvalue weighted by Crippen LogP contribution is 2.34. The molecule has 0 aliphatic heterocycles. The molecular formula is C14H7Cl3N2O. The van der Waals surface area contributed by atoms with E-state index in [0.29, 0.717) is 27.2 Å². The number of para-hydroxylation sites is 1. The van der Waals surface area contributed by atoms with Crippen molar-refractivity contribution >= 4 is 45.7 Å². The fourth-order valence-electron chi connectivity index (χ4n) is 1.76. The lowest BCUT2D eigenvalue weighted by molar-refractivity contribution is 0.468. The summed E-state index contributed by atoms with van der Waals surface area (Å²) >= 11 is 17.9. The van der Waals surface area contributed by atoms with Crippen molar-refractivity contribution in [1.82, 2.24) is 9.97 Å². The number of benzene rings is 2. The Morgan fingerprint density at radius 1 is 0.900 bits per heavy atom. The molecule has 2 aromatic carbocycles. The Bertz CT molecular complexity index is 792. The second-order valence-electron chi connectivity index (χ2n) is 3.99. The molecule has 0 aliphatic rings. The Hall–Kier alpha value is -1.55. The van der Waals surface area contributed by atoms with Gasteiger partial charge in [0, 0.05) is 11.1 Å². The third kappa shape index (κ3) is 2.66. The molecule has 0 amide bonds. The number of hydrogen-bond donors (Lipinski definition) is 0. The van der Waals surface area contributed by atoms with Crippen LogP contribution >= 0.6 is 34.8 Å². The van der Waals surface area contributed by atoms with E-state index < -0.39 is 0 Å². The summed E-state index contributed by atoms with van der Waals surface area (Å²) in [4.78, 5) is 8.23. The Kier molecular flexibility index (Phi) is 3.66. The van der Waals surface area contributed by atoms with Crippen LogP contribution in [0.4, 0.5) is 0 Å². The first kappa shape index (κ1) is 13.4. The van der Waals surface area contributed by atoms with Gasteiger partial charge in [-0.2, -0.15) is 4.98 Å². The average molecular weight is 326 g/mol. The molecule has 0 fully saturated rings. The minimum atomic E-state index is 0.108. The van der Waals surface area contributed by atoms with Crippen molar-refractivity contribution in [2.75, 3.05) is 0 Å². The maximum Gasteiger partial charge on any atom is 0.231 e. The van der Waals surface area contributed by atoms with E-state index in [0.717, 1.165) is 5.39 Å². The number of fused-ring (bicyclic) bond motifs is 1. The lowest BCUT2D eigenvalue weighted by Gasteiger charge is -2.09. The Balaban J connectivity index is 2.13. The van der Waals surface area contributed by atoms with Gasteiger partial charge in [-0.1, -0.05) is 35.3 Å². The van der Waals surface area contributed by atoms with Gasteiger partial charge in [-0.25, -0.2) is 4.98 Å². The van der Waals surface area contributed by atoms with Gasteiger partial charge < -0.3 is 4.74 Å². The first-order valence-corrected chi connectivity index (χ1v) is 6.82. The maximum atomic E-state index is 6.08. The van der Waals surface area contributed by atoms with E-state index in [2.05, 4.69) is 9.97 Å². The number of hydrogen-bond acceptors (Lipinski definition) is 3. The van der Waals surface area contributed by atoms with Crippen LogP contribution in [0.1, 0.15) is 0 Å². The second-order valence-corrected chi connectivity index (χ2v) is 5.17. The molecule has 0 saturated heterocycles. The van der Waals surface area contributed by atoms with Crippen LogP contribution in [-0.2, 0) is 0 Å². The van der Waals surface area contributed by atoms with E-state index in [1.54, 1.807) is 18.2 Å². The quantitative estimate of drug-likeness (QED) is 0.593. The van der Waals surface area contributed by atoms with Crippen molar-refractivity contribution in [1.29, 1.82) is 0 Å². The summed E-state index contributed by atoms with van der Waals surface area (Å²) in [5.41, 5.74) is 0.695. The minimum absolute atomic E-state index is 0.108. The smallest absolute Gasteiger partial charge is 0.231 e. The van der Waals surface area contributed by atoms with Gasteiger partial charge in [0.25, 0.3) is 0 Å². The largest absolute Gasteiger partial charge is 0.437 e. The molecule has 3 rings (SSSR count). The van der Waals surface area contributed by atoms with Crippen LogP contribution < -0.4 is 4.74 Å². The number of ether oxygens (including phenoxy) is 1. The summed E-state index contributed by atoms with van der Waals surface area (Å²) in [7, 11) is 0. The summed E-state index contributed by atoms with van der Waals surface area (Å²) in [6.45, 7) is 0. The van der Waals surface area contributed by atoms with Gasteiger partial charge in [0.2, 0.25) is 11.2 Å². The van der Waals surface area contributed by atoms with Crippen LogP contribution in [0.2, 0.25) is 15.3 Å².